The van der Waals surface area contributed by atoms with E-state index >= 15 is 0 Å². The lowest BCUT2D eigenvalue weighted by molar-refractivity contribution is -0.148. The fraction of sp³-hybridized carbons (Fsp3) is 0.643. The second-order valence-electron chi connectivity index (χ2n) is 6.76. The number of ether oxygens (including phenoxy) is 2. The number of aliphatic hydroxyl groups excluding tert-OH is 1. The van der Waals surface area contributed by atoms with E-state index < -0.39 is 42.0 Å². The quantitative estimate of drug-likeness (QED) is 0.660. The first kappa shape index (κ1) is 15.7. The predicted octanol–water partition coefficient (Wildman–Crippen LogP) is -0.268. The molecule has 8 heteroatoms. The van der Waals surface area contributed by atoms with Gasteiger partial charge in [-0.25, -0.2) is 4.79 Å². The number of hydrogen-bond donors (Lipinski definition) is 3. The molecule has 122 valence electrons. The molecule has 2 aliphatic rings. The molecule has 0 unspecified atom stereocenters. The van der Waals surface area contributed by atoms with Gasteiger partial charge in [0.05, 0.1) is 12.2 Å². The zero-order chi connectivity index (χ0) is 16.1. The molecule has 22 heavy (non-hydrogen) atoms. The van der Waals surface area contributed by atoms with E-state index in [9.17, 15) is 14.7 Å². The lowest BCUT2D eigenvalue weighted by atomic mass is 9.95. The van der Waals surface area contributed by atoms with Crippen LogP contribution in [0.1, 0.15) is 18.1 Å². The van der Waals surface area contributed by atoms with Gasteiger partial charge in [0.1, 0.15) is 23.9 Å². The third-order valence-corrected chi connectivity index (χ3v) is 5.76. The first-order chi connectivity index (χ1) is 10.2. The molecular weight excluding hydrogens is 307 g/mol. The first-order valence-electron chi connectivity index (χ1n) is 7.19. The van der Waals surface area contributed by atoms with Crippen molar-refractivity contribution in [1.29, 1.82) is 0 Å². The van der Waals surface area contributed by atoms with E-state index in [1.54, 1.807) is 0 Å². The van der Waals surface area contributed by atoms with Crippen molar-refractivity contribution in [3.63, 3.8) is 0 Å². The van der Waals surface area contributed by atoms with Crippen molar-refractivity contribution in [3.8, 4) is 0 Å². The van der Waals surface area contributed by atoms with Crippen molar-refractivity contribution in [3.05, 3.63) is 32.6 Å². The van der Waals surface area contributed by atoms with E-state index in [2.05, 4.69) is 29.6 Å². The SMILES string of the molecule is C=P(C)(C)CC[C@@]12CO[C@@H]([C@H](c3c[nH]c(=O)[nH]c3=O)O1)[C@@H]2O. The number of nitrogens with one attached hydrogen (secondary N) is 2. The number of aromatic amines is 2. The van der Waals surface area contributed by atoms with E-state index in [1.165, 1.54) is 6.20 Å². The molecule has 3 N–H and O–H groups in total. The zero-order valence-corrected chi connectivity index (χ0v) is 13.6. The minimum atomic E-state index is -1.25. The Morgan fingerprint density at radius 1 is 1.50 bits per heavy atom. The molecule has 0 aromatic carbocycles. The van der Waals surface area contributed by atoms with Gasteiger partial charge in [-0.3, -0.25) is 9.78 Å². The van der Waals surface area contributed by atoms with E-state index in [0.29, 0.717) is 13.0 Å². The highest BCUT2D eigenvalue weighted by molar-refractivity contribution is 7.72. The van der Waals surface area contributed by atoms with Gasteiger partial charge in [-0.1, -0.05) is 0 Å². The van der Waals surface area contributed by atoms with E-state index in [4.69, 9.17) is 9.47 Å². The predicted molar refractivity (Wildman–Crippen MR) is 85.4 cm³/mol. The van der Waals surface area contributed by atoms with Crippen LogP contribution in [0.2, 0.25) is 0 Å². The van der Waals surface area contributed by atoms with Crippen LogP contribution >= 0.6 is 6.89 Å². The van der Waals surface area contributed by atoms with Gasteiger partial charge in [-0.15, -0.1) is 13.2 Å². The Morgan fingerprint density at radius 2 is 2.23 bits per heavy atom. The monoisotopic (exact) mass is 328 g/mol. The zero-order valence-electron chi connectivity index (χ0n) is 12.7. The maximum atomic E-state index is 11.9. The second kappa shape index (κ2) is 5.20. The van der Waals surface area contributed by atoms with Gasteiger partial charge in [0.2, 0.25) is 0 Å². The van der Waals surface area contributed by atoms with Crippen molar-refractivity contribution in [2.45, 2.75) is 30.3 Å². The van der Waals surface area contributed by atoms with Crippen LogP contribution in [-0.2, 0) is 9.47 Å². The number of fused-ring (bicyclic) bond motifs is 2. The number of aliphatic hydroxyl groups is 1. The molecule has 2 saturated heterocycles. The standard InChI is InChI=1S/C14H21N2O5P/c1-22(2,3)5-4-14-7-20-10(11(14)17)9(21-14)8-6-15-13(19)16-12(8)18/h6,9-11,17H,1,4-5,7H2,2-3H3,(H2,15,16,18,19)/t9-,10-,11-,14-/m0/s1. The summed E-state index contributed by atoms with van der Waals surface area (Å²) in [6.45, 7) is 3.32. The average Bonchev–Trinajstić information content (AvgIpc) is 2.87. The topological polar surface area (TPSA) is 104 Å². The summed E-state index contributed by atoms with van der Waals surface area (Å²) in [5.74, 6) is 0. The Morgan fingerprint density at radius 3 is 2.86 bits per heavy atom. The van der Waals surface area contributed by atoms with Crippen LogP contribution in [0.4, 0.5) is 0 Å². The van der Waals surface area contributed by atoms with Crippen LogP contribution in [0.15, 0.2) is 15.8 Å². The van der Waals surface area contributed by atoms with Crippen molar-refractivity contribution in [2.24, 2.45) is 0 Å². The highest BCUT2D eigenvalue weighted by Gasteiger charge is 2.61. The lowest BCUT2D eigenvalue weighted by Crippen LogP contribution is -2.41. The number of aromatic nitrogens is 2. The van der Waals surface area contributed by atoms with Gasteiger partial charge in [-0.2, -0.15) is 0 Å². The average molecular weight is 328 g/mol. The van der Waals surface area contributed by atoms with E-state index in [-0.39, 0.29) is 5.56 Å². The molecule has 4 atom stereocenters. The fourth-order valence-electron chi connectivity index (χ4n) is 3.03. The van der Waals surface area contributed by atoms with Gasteiger partial charge >= 0.3 is 5.69 Å². The molecule has 2 bridgehead atoms. The third-order valence-electron chi connectivity index (χ3n) is 4.33. The lowest BCUT2D eigenvalue weighted by Gasteiger charge is -2.31. The third kappa shape index (κ3) is 2.63. The molecule has 3 heterocycles. The molecule has 0 spiro atoms. The highest BCUT2D eigenvalue weighted by Crippen LogP contribution is 2.50. The van der Waals surface area contributed by atoms with Crippen molar-refractivity contribution < 1.29 is 14.6 Å². The Bertz CT molecular complexity index is 735. The molecule has 2 aliphatic heterocycles. The molecule has 3 rings (SSSR count). The summed E-state index contributed by atoms with van der Waals surface area (Å²) in [4.78, 5) is 27.7. The summed E-state index contributed by atoms with van der Waals surface area (Å²) in [5.41, 5.74) is -1.60. The van der Waals surface area contributed by atoms with Crippen molar-refractivity contribution in [2.75, 3.05) is 26.1 Å². The smallest absolute Gasteiger partial charge is 0.325 e. The number of H-pyrrole nitrogens is 2. The molecular formula is C14H21N2O5P. The highest BCUT2D eigenvalue weighted by atomic mass is 31.2. The fourth-order valence-corrected chi connectivity index (χ4v) is 4.02. The summed E-state index contributed by atoms with van der Waals surface area (Å²) in [6.07, 6.45) is 4.98. The van der Waals surface area contributed by atoms with Crippen LogP contribution in [0.3, 0.4) is 0 Å². The Balaban J connectivity index is 1.88. The Hall–Kier alpha value is -1.14. The van der Waals surface area contributed by atoms with Crippen LogP contribution < -0.4 is 11.2 Å². The Labute approximate surface area is 127 Å². The normalized spacial score (nSPS) is 34.2. The summed E-state index contributed by atoms with van der Waals surface area (Å²) < 4.78 is 11.7. The van der Waals surface area contributed by atoms with E-state index in [1.807, 2.05) is 0 Å². The largest absolute Gasteiger partial charge is 0.387 e. The van der Waals surface area contributed by atoms with Gasteiger partial charge < -0.3 is 19.6 Å². The number of hydrogen-bond acceptors (Lipinski definition) is 5. The molecule has 7 nitrogen and oxygen atoms in total. The minimum Gasteiger partial charge on any atom is -0.387 e. The van der Waals surface area contributed by atoms with Crippen LogP contribution in [-0.4, -0.2) is 65.3 Å². The maximum Gasteiger partial charge on any atom is 0.325 e. The van der Waals surface area contributed by atoms with Crippen LogP contribution in [0.5, 0.6) is 0 Å². The summed E-state index contributed by atoms with van der Waals surface area (Å²) in [7, 11) is 0. The summed E-state index contributed by atoms with van der Waals surface area (Å²) >= 11 is 0. The molecule has 0 radical (unpaired) electrons. The molecule has 1 aromatic heterocycles. The first-order valence-corrected chi connectivity index (χ1v) is 10.2. The van der Waals surface area contributed by atoms with E-state index in [0.717, 1.165) is 6.16 Å². The molecule has 2 fully saturated rings. The summed E-state index contributed by atoms with van der Waals surface area (Å²) in [5, 5.41) is 10.5. The molecule has 0 amide bonds. The Kier molecular flexibility index (Phi) is 3.72. The number of rotatable bonds is 4. The van der Waals surface area contributed by atoms with Gasteiger partial charge in [-0.05, 0) is 25.9 Å². The molecule has 0 aliphatic carbocycles. The minimum absolute atomic E-state index is 0.272. The maximum absolute atomic E-state index is 11.9. The van der Waals surface area contributed by atoms with Crippen LogP contribution in [0.25, 0.3) is 0 Å². The molecule has 0 saturated carbocycles. The van der Waals surface area contributed by atoms with Crippen molar-refractivity contribution >= 4 is 13.2 Å². The second-order valence-corrected chi connectivity index (χ2v) is 11.1. The van der Waals surface area contributed by atoms with Gasteiger partial charge in [0, 0.05) is 6.20 Å². The summed E-state index contributed by atoms with van der Waals surface area (Å²) in [6, 6.07) is 0. The van der Waals surface area contributed by atoms with Gasteiger partial charge in [0.25, 0.3) is 5.56 Å². The van der Waals surface area contributed by atoms with Gasteiger partial charge in [0.15, 0.2) is 0 Å². The van der Waals surface area contributed by atoms with Crippen molar-refractivity contribution in [1.82, 2.24) is 9.97 Å². The molecule has 1 aromatic rings. The van der Waals surface area contributed by atoms with Crippen LogP contribution in [0, 0.1) is 0 Å².